The standard InChI is InChI=1S/C17H18N2O/c20-17(16-11-4-5-12-18-16)19(15-9-6-10-15)13-14-7-2-1-3-8-14/h1-5,7-8,11-12,15H,6,9-10,13H2. The number of hydrogen-bond acceptors (Lipinski definition) is 2. The van der Waals surface area contributed by atoms with Crippen molar-refractivity contribution in [2.45, 2.75) is 31.8 Å². The van der Waals surface area contributed by atoms with Crippen molar-refractivity contribution in [2.75, 3.05) is 0 Å². The molecule has 1 aromatic carbocycles. The third-order valence-electron chi connectivity index (χ3n) is 3.86. The van der Waals surface area contributed by atoms with Gasteiger partial charge in [-0.15, -0.1) is 0 Å². The lowest BCUT2D eigenvalue weighted by Gasteiger charge is -2.37. The molecule has 20 heavy (non-hydrogen) atoms. The van der Waals surface area contributed by atoms with Crippen molar-refractivity contribution < 1.29 is 4.79 Å². The lowest BCUT2D eigenvalue weighted by Crippen LogP contribution is -2.43. The van der Waals surface area contributed by atoms with Gasteiger partial charge in [0.05, 0.1) is 0 Å². The molecule has 1 amide bonds. The van der Waals surface area contributed by atoms with Crippen LogP contribution in [0.3, 0.4) is 0 Å². The molecule has 1 fully saturated rings. The Labute approximate surface area is 119 Å². The summed E-state index contributed by atoms with van der Waals surface area (Å²) in [5.41, 5.74) is 1.71. The molecule has 3 heteroatoms. The number of carbonyl (C=O) groups is 1. The minimum absolute atomic E-state index is 0.0409. The number of amides is 1. The smallest absolute Gasteiger partial charge is 0.272 e. The molecule has 0 unspecified atom stereocenters. The highest BCUT2D eigenvalue weighted by Crippen LogP contribution is 2.27. The van der Waals surface area contributed by atoms with E-state index in [0.29, 0.717) is 18.3 Å². The summed E-state index contributed by atoms with van der Waals surface area (Å²) in [5, 5.41) is 0. The summed E-state index contributed by atoms with van der Waals surface area (Å²) < 4.78 is 0. The van der Waals surface area contributed by atoms with E-state index < -0.39 is 0 Å². The molecule has 0 bridgehead atoms. The van der Waals surface area contributed by atoms with Crippen molar-refractivity contribution in [1.29, 1.82) is 0 Å². The molecule has 0 radical (unpaired) electrons. The Bertz CT molecular complexity index is 564. The van der Waals surface area contributed by atoms with Crippen LogP contribution in [0.5, 0.6) is 0 Å². The lowest BCUT2D eigenvalue weighted by atomic mass is 9.90. The Balaban J connectivity index is 1.81. The van der Waals surface area contributed by atoms with Gasteiger partial charge in [0, 0.05) is 18.8 Å². The van der Waals surface area contributed by atoms with Gasteiger partial charge >= 0.3 is 0 Å². The monoisotopic (exact) mass is 266 g/mol. The van der Waals surface area contributed by atoms with Crippen LogP contribution in [0.4, 0.5) is 0 Å². The van der Waals surface area contributed by atoms with E-state index in [4.69, 9.17) is 0 Å². The summed E-state index contributed by atoms with van der Waals surface area (Å²) in [4.78, 5) is 18.8. The first-order valence-electron chi connectivity index (χ1n) is 7.10. The molecule has 1 aromatic heterocycles. The van der Waals surface area contributed by atoms with Crippen LogP contribution in [0.25, 0.3) is 0 Å². The van der Waals surface area contributed by atoms with E-state index in [2.05, 4.69) is 17.1 Å². The van der Waals surface area contributed by atoms with Crippen LogP contribution >= 0.6 is 0 Å². The number of rotatable bonds is 4. The van der Waals surface area contributed by atoms with Gasteiger partial charge < -0.3 is 4.90 Å². The minimum atomic E-state index is 0.0409. The Morgan fingerprint density at radius 2 is 1.85 bits per heavy atom. The van der Waals surface area contributed by atoms with Crippen LogP contribution in [0.1, 0.15) is 35.3 Å². The highest BCUT2D eigenvalue weighted by atomic mass is 16.2. The molecule has 1 aliphatic rings. The quantitative estimate of drug-likeness (QED) is 0.851. The number of benzene rings is 1. The summed E-state index contributed by atoms with van der Waals surface area (Å²) in [6.07, 6.45) is 5.09. The van der Waals surface area contributed by atoms with Gasteiger partial charge in [-0.25, -0.2) is 0 Å². The Kier molecular flexibility index (Phi) is 3.77. The average molecular weight is 266 g/mol. The highest BCUT2D eigenvalue weighted by molar-refractivity contribution is 5.92. The van der Waals surface area contributed by atoms with Crippen molar-refractivity contribution in [3.05, 3.63) is 66.0 Å². The molecular weight excluding hydrogens is 248 g/mol. The van der Waals surface area contributed by atoms with Gasteiger partial charge in [0.25, 0.3) is 5.91 Å². The number of pyridine rings is 1. The van der Waals surface area contributed by atoms with Crippen molar-refractivity contribution in [1.82, 2.24) is 9.88 Å². The number of aromatic nitrogens is 1. The van der Waals surface area contributed by atoms with Crippen molar-refractivity contribution in [3.63, 3.8) is 0 Å². The third kappa shape index (κ3) is 2.72. The molecule has 3 rings (SSSR count). The van der Waals surface area contributed by atoms with Crippen molar-refractivity contribution in [3.8, 4) is 0 Å². The van der Waals surface area contributed by atoms with Crippen molar-refractivity contribution >= 4 is 5.91 Å². The number of carbonyl (C=O) groups excluding carboxylic acids is 1. The SMILES string of the molecule is O=C(c1ccccn1)N(Cc1ccccc1)C1CCC1. The minimum Gasteiger partial charge on any atom is -0.330 e. The molecule has 0 atom stereocenters. The van der Waals surface area contributed by atoms with Crippen LogP contribution in [0.15, 0.2) is 54.7 Å². The van der Waals surface area contributed by atoms with E-state index in [0.717, 1.165) is 12.8 Å². The predicted molar refractivity (Wildman–Crippen MR) is 78.2 cm³/mol. The fraction of sp³-hybridized carbons (Fsp3) is 0.294. The van der Waals surface area contributed by atoms with Crippen LogP contribution < -0.4 is 0 Å². The van der Waals surface area contributed by atoms with Gasteiger partial charge in [0.2, 0.25) is 0 Å². The molecule has 0 spiro atoms. The average Bonchev–Trinajstić information content (AvgIpc) is 2.46. The molecular formula is C17H18N2O. The zero-order valence-electron chi connectivity index (χ0n) is 11.4. The van der Waals surface area contributed by atoms with E-state index in [1.165, 1.54) is 12.0 Å². The van der Waals surface area contributed by atoms with Crippen LogP contribution in [0.2, 0.25) is 0 Å². The maximum atomic E-state index is 12.6. The van der Waals surface area contributed by atoms with Gasteiger partial charge in [-0.1, -0.05) is 36.4 Å². The maximum absolute atomic E-state index is 12.6. The molecule has 1 aliphatic carbocycles. The van der Waals surface area contributed by atoms with Crippen LogP contribution in [-0.2, 0) is 6.54 Å². The first-order chi connectivity index (χ1) is 9.84. The Hall–Kier alpha value is -2.16. The third-order valence-corrected chi connectivity index (χ3v) is 3.86. The van der Waals surface area contributed by atoms with Crippen LogP contribution in [0, 0.1) is 0 Å². The Morgan fingerprint density at radius 1 is 1.10 bits per heavy atom. The second-order valence-electron chi connectivity index (χ2n) is 5.22. The molecule has 1 saturated carbocycles. The number of nitrogens with zero attached hydrogens (tertiary/aromatic N) is 2. The van der Waals surface area contributed by atoms with E-state index in [-0.39, 0.29) is 5.91 Å². The first kappa shape index (κ1) is 12.9. The molecule has 0 aliphatic heterocycles. The number of hydrogen-bond donors (Lipinski definition) is 0. The zero-order chi connectivity index (χ0) is 13.8. The van der Waals surface area contributed by atoms with Gasteiger partial charge in [-0.3, -0.25) is 9.78 Å². The maximum Gasteiger partial charge on any atom is 0.272 e. The fourth-order valence-corrected chi connectivity index (χ4v) is 2.48. The molecule has 102 valence electrons. The van der Waals surface area contributed by atoms with E-state index in [1.54, 1.807) is 12.3 Å². The van der Waals surface area contributed by atoms with Gasteiger partial charge in [-0.05, 0) is 37.0 Å². The molecule has 0 N–H and O–H groups in total. The normalized spacial score (nSPS) is 14.6. The topological polar surface area (TPSA) is 33.2 Å². The predicted octanol–water partition coefficient (Wildman–Crippen LogP) is 3.28. The fourth-order valence-electron chi connectivity index (χ4n) is 2.48. The first-order valence-corrected chi connectivity index (χ1v) is 7.10. The summed E-state index contributed by atoms with van der Waals surface area (Å²) in [7, 11) is 0. The largest absolute Gasteiger partial charge is 0.330 e. The summed E-state index contributed by atoms with van der Waals surface area (Å²) in [5.74, 6) is 0.0409. The molecule has 3 nitrogen and oxygen atoms in total. The summed E-state index contributed by atoms with van der Waals surface area (Å²) >= 11 is 0. The molecule has 2 aromatic rings. The van der Waals surface area contributed by atoms with Crippen molar-refractivity contribution in [2.24, 2.45) is 0 Å². The second-order valence-corrected chi connectivity index (χ2v) is 5.22. The Morgan fingerprint density at radius 3 is 2.45 bits per heavy atom. The molecule has 0 saturated heterocycles. The summed E-state index contributed by atoms with van der Waals surface area (Å²) in [6.45, 7) is 0.668. The van der Waals surface area contributed by atoms with Gasteiger partial charge in [-0.2, -0.15) is 0 Å². The summed E-state index contributed by atoms with van der Waals surface area (Å²) in [6, 6.07) is 16.0. The second kappa shape index (κ2) is 5.87. The van der Waals surface area contributed by atoms with Gasteiger partial charge in [0.15, 0.2) is 0 Å². The van der Waals surface area contributed by atoms with E-state index in [9.17, 15) is 4.79 Å². The van der Waals surface area contributed by atoms with E-state index >= 15 is 0 Å². The van der Waals surface area contributed by atoms with Gasteiger partial charge in [0.1, 0.15) is 5.69 Å². The lowest BCUT2D eigenvalue weighted by molar-refractivity contribution is 0.0551. The highest BCUT2D eigenvalue weighted by Gasteiger charge is 2.29. The van der Waals surface area contributed by atoms with E-state index in [1.807, 2.05) is 35.2 Å². The zero-order valence-corrected chi connectivity index (χ0v) is 11.4. The van der Waals surface area contributed by atoms with Crippen LogP contribution in [-0.4, -0.2) is 21.8 Å². The molecule has 1 heterocycles.